The number of rotatable bonds is 4. The molecule has 6 nitrogen and oxygen atoms in total. The Morgan fingerprint density at radius 3 is 2.06 bits per heavy atom. The number of aromatic carboxylic acids is 1. The van der Waals surface area contributed by atoms with Gasteiger partial charge in [0.25, 0.3) is 11.1 Å². The largest absolute Gasteiger partial charge is 0.507 e. The van der Waals surface area contributed by atoms with E-state index in [1.54, 1.807) is 0 Å². The van der Waals surface area contributed by atoms with Gasteiger partial charge in [-0.15, -0.1) is 0 Å². The van der Waals surface area contributed by atoms with E-state index >= 15 is 0 Å². The molecule has 2 N–H and O–H groups in total. The fourth-order valence-corrected chi connectivity index (χ4v) is 3.73. The molecule has 0 unspecified atom stereocenters. The van der Waals surface area contributed by atoms with E-state index in [2.05, 4.69) is 0 Å². The monoisotopic (exact) mass is 491 g/mol. The van der Waals surface area contributed by atoms with Crippen molar-refractivity contribution in [2.45, 2.75) is 18.9 Å². The number of hydrogen-bond acceptors (Lipinski definition) is 5. The van der Waals surface area contributed by atoms with Gasteiger partial charge < -0.3 is 10.2 Å². The third-order valence-electron chi connectivity index (χ3n) is 4.41. The number of amides is 2. The number of imide groups is 1. The second-order valence-electron chi connectivity index (χ2n) is 6.76. The molecule has 13 heteroatoms. The lowest BCUT2D eigenvalue weighted by Crippen LogP contribution is -2.28. The number of phenols is 1. The third kappa shape index (κ3) is 5.30. The number of carbonyl (C=O) groups is 3. The second kappa shape index (κ2) is 8.46. The highest BCUT2D eigenvalue weighted by Gasteiger charge is 2.39. The topological polar surface area (TPSA) is 94.9 Å². The Morgan fingerprint density at radius 2 is 1.55 bits per heavy atom. The minimum Gasteiger partial charge on any atom is -0.507 e. The van der Waals surface area contributed by atoms with Crippen LogP contribution in [0.5, 0.6) is 5.75 Å². The number of carboxylic acid groups (broad SMARTS) is 1. The second-order valence-corrected chi connectivity index (χ2v) is 7.76. The summed E-state index contributed by atoms with van der Waals surface area (Å²) in [4.78, 5) is 36.2. The number of benzene rings is 2. The third-order valence-corrected chi connectivity index (χ3v) is 5.32. The molecule has 33 heavy (non-hydrogen) atoms. The molecule has 0 saturated carbocycles. The summed E-state index contributed by atoms with van der Waals surface area (Å²) in [7, 11) is 0. The fraction of sp³-hybridized carbons (Fsp3) is 0.150. The number of carboxylic acids is 1. The van der Waals surface area contributed by atoms with Crippen molar-refractivity contribution in [3.63, 3.8) is 0 Å². The quantitative estimate of drug-likeness (QED) is 0.442. The summed E-state index contributed by atoms with van der Waals surface area (Å²) in [5, 5.41) is 17.6. The number of alkyl halides is 6. The molecule has 1 fully saturated rings. The van der Waals surface area contributed by atoms with Crippen LogP contribution < -0.4 is 0 Å². The molecule has 0 radical (unpaired) electrons. The molecule has 0 spiro atoms. The molecule has 0 bridgehead atoms. The lowest BCUT2D eigenvalue weighted by atomic mass is 10.0. The number of nitrogens with zero attached hydrogens (tertiary/aromatic N) is 1. The van der Waals surface area contributed by atoms with Crippen molar-refractivity contribution in [2.75, 3.05) is 0 Å². The molecule has 2 amide bonds. The van der Waals surface area contributed by atoms with Crippen molar-refractivity contribution in [3.8, 4) is 5.75 Å². The van der Waals surface area contributed by atoms with Gasteiger partial charge in [-0.2, -0.15) is 26.3 Å². The van der Waals surface area contributed by atoms with E-state index in [0.29, 0.717) is 28.8 Å². The van der Waals surface area contributed by atoms with Crippen LogP contribution in [-0.2, 0) is 23.7 Å². The van der Waals surface area contributed by atoms with E-state index in [0.717, 1.165) is 18.2 Å². The first-order chi connectivity index (χ1) is 15.2. The minimum atomic E-state index is -5.09. The minimum absolute atomic E-state index is 0.0674. The molecule has 174 valence electrons. The maximum atomic E-state index is 13.0. The lowest BCUT2D eigenvalue weighted by Gasteiger charge is -2.17. The van der Waals surface area contributed by atoms with E-state index in [1.165, 1.54) is 6.07 Å². The SMILES string of the molecule is O=C(O)c1cc(C=C2SC(=O)N(Cc3cc(C(F)(F)F)cc(C(F)(F)F)c3)C2=O)ccc1O. The molecule has 0 aromatic heterocycles. The van der Waals surface area contributed by atoms with Crippen LogP contribution in [0.25, 0.3) is 6.08 Å². The van der Waals surface area contributed by atoms with Crippen LogP contribution >= 0.6 is 11.8 Å². The van der Waals surface area contributed by atoms with Gasteiger partial charge in [0.1, 0.15) is 11.3 Å². The first-order valence-electron chi connectivity index (χ1n) is 8.77. The van der Waals surface area contributed by atoms with Crippen LogP contribution in [0.3, 0.4) is 0 Å². The van der Waals surface area contributed by atoms with Gasteiger partial charge in [-0.1, -0.05) is 6.07 Å². The zero-order valence-corrected chi connectivity index (χ0v) is 16.8. The maximum absolute atomic E-state index is 13.0. The smallest absolute Gasteiger partial charge is 0.416 e. The number of hydrogen-bond donors (Lipinski definition) is 2. The van der Waals surface area contributed by atoms with Gasteiger partial charge in [-0.05, 0) is 59.3 Å². The van der Waals surface area contributed by atoms with Gasteiger partial charge in [0, 0.05) is 0 Å². The summed E-state index contributed by atoms with van der Waals surface area (Å²) in [6.45, 7) is -0.842. The lowest BCUT2D eigenvalue weighted by molar-refractivity contribution is -0.143. The first kappa shape index (κ1) is 24.2. The maximum Gasteiger partial charge on any atom is 0.416 e. The molecular formula is C20H11F6NO5S. The van der Waals surface area contributed by atoms with E-state index in [-0.39, 0.29) is 16.5 Å². The average Bonchev–Trinajstić information content (AvgIpc) is 2.95. The van der Waals surface area contributed by atoms with Crippen LogP contribution in [0.4, 0.5) is 31.1 Å². The Morgan fingerprint density at radius 1 is 0.970 bits per heavy atom. The summed E-state index contributed by atoms with van der Waals surface area (Å²) in [5.74, 6) is -2.99. The first-order valence-corrected chi connectivity index (χ1v) is 9.58. The Bertz CT molecular complexity index is 1160. The summed E-state index contributed by atoms with van der Waals surface area (Å²) >= 11 is 0.378. The Balaban J connectivity index is 1.93. The molecule has 0 atom stereocenters. The van der Waals surface area contributed by atoms with Gasteiger partial charge in [-0.25, -0.2) is 4.79 Å². The standard InChI is InChI=1S/C20H11F6NO5S/c21-19(22,23)11-3-10(4-12(7-11)20(24,25)26)8-27-16(29)15(33-18(27)32)6-9-1-2-14(28)13(5-9)17(30)31/h1-7,28H,8H2,(H,30,31). The molecular weight excluding hydrogens is 480 g/mol. The van der Waals surface area contributed by atoms with Gasteiger partial charge >= 0.3 is 18.3 Å². The average molecular weight is 491 g/mol. The molecule has 2 aromatic carbocycles. The zero-order valence-electron chi connectivity index (χ0n) is 16.0. The molecule has 1 saturated heterocycles. The van der Waals surface area contributed by atoms with Crippen molar-refractivity contribution in [2.24, 2.45) is 0 Å². The predicted molar refractivity (Wildman–Crippen MR) is 103 cm³/mol. The van der Waals surface area contributed by atoms with Crippen molar-refractivity contribution in [1.29, 1.82) is 0 Å². The summed E-state index contributed by atoms with van der Waals surface area (Å²) in [6.07, 6.45) is -9.06. The van der Waals surface area contributed by atoms with E-state index in [4.69, 9.17) is 5.11 Å². The van der Waals surface area contributed by atoms with Crippen molar-refractivity contribution >= 4 is 35.0 Å². The van der Waals surface area contributed by atoms with Gasteiger partial charge in [0.2, 0.25) is 0 Å². The number of thioether (sulfide) groups is 1. The van der Waals surface area contributed by atoms with Crippen molar-refractivity contribution in [1.82, 2.24) is 4.90 Å². The highest BCUT2D eigenvalue weighted by Crippen LogP contribution is 2.38. The van der Waals surface area contributed by atoms with Crippen molar-refractivity contribution in [3.05, 3.63) is 69.1 Å². The van der Waals surface area contributed by atoms with Crippen LogP contribution in [0.15, 0.2) is 41.3 Å². The molecule has 1 heterocycles. The summed E-state index contributed by atoms with van der Waals surface area (Å²) in [6, 6.07) is 4.08. The molecule has 2 aromatic rings. The summed E-state index contributed by atoms with van der Waals surface area (Å²) in [5.41, 5.74) is -4.08. The van der Waals surface area contributed by atoms with Crippen LogP contribution in [0.2, 0.25) is 0 Å². The van der Waals surface area contributed by atoms with Gasteiger partial charge in [0.15, 0.2) is 0 Å². The van der Waals surface area contributed by atoms with Crippen LogP contribution in [0, 0.1) is 0 Å². The molecule has 3 rings (SSSR count). The Hall–Kier alpha value is -3.48. The number of halogens is 6. The highest BCUT2D eigenvalue weighted by atomic mass is 32.2. The molecule has 1 aliphatic heterocycles. The van der Waals surface area contributed by atoms with Crippen LogP contribution in [0.1, 0.15) is 32.6 Å². The Labute approximate surface area is 185 Å². The van der Waals surface area contributed by atoms with E-state index in [9.17, 15) is 45.8 Å². The zero-order chi connectivity index (χ0) is 24.7. The summed E-state index contributed by atoms with van der Waals surface area (Å²) < 4.78 is 78.2. The predicted octanol–water partition coefficient (Wildman–Crippen LogP) is 5.36. The van der Waals surface area contributed by atoms with E-state index < -0.39 is 64.0 Å². The van der Waals surface area contributed by atoms with Gasteiger partial charge in [0.05, 0.1) is 22.6 Å². The fourth-order valence-electron chi connectivity index (χ4n) is 2.90. The molecule has 0 aliphatic carbocycles. The normalized spacial score (nSPS) is 16.1. The van der Waals surface area contributed by atoms with E-state index in [1.807, 2.05) is 0 Å². The number of carbonyl (C=O) groups excluding carboxylic acids is 2. The van der Waals surface area contributed by atoms with Crippen LogP contribution in [-0.4, -0.2) is 32.2 Å². The van der Waals surface area contributed by atoms with Gasteiger partial charge in [-0.3, -0.25) is 14.5 Å². The molecule has 1 aliphatic rings. The van der Waals surface area contributed by atoms with Crippen molar-refractivity contribution < 1.29 is 50.9 Å². The highest BCUT2D eigenvalue weighted by molar-refractivity contribution is 8.18. The number of aromatic hydroxyl groups is 1. The Kier molecular flexibility index (Phi) is 6.20.